The van der Waals surface area contributed by atoms with Crippen molar-refractivity contribution in [3.05, 3.63) is 59.7 Å². The molecule has 0 bridgehead atoms. The zero-order valence-corrected chi connectivity index (χ0v) is 15.8. The van der Waals surface area contributed by atoms with Gasteiger partial charge in [-0.3, -0.25) is 9.59 Å². The second kappa shape index (κ2) is 7.89. The molecule has 7 nitrogen and oxygen atoms in total. The average molecular weight is 387 g/mol. The molecule has 1 fully saturated rings. The van der Waals surface area contributed by atoms with Crippen molar-refractivity contribution in [2.24, 2.45) is 0 Å². The smallest absolute Gasteiger partial charge is 0.251 e. The summed E-state index contributed by atoms with van der Waals surface area (Å²) in [6, 6.07) is 13.3. The summed E-state index contributed by atoms with van der Waals surface area (Å²) in [6.45, 7) is 0.857. The van der Waals surface area contributed by atoms with Gasteiger partial charge in [0.2, 0.25) is 15.9 Å². The number of amides is 2. The van der Waals surface area contributed by atoms with Crippen molar-refractivity contribution in [3.63, 3.8) is 0 Å². The molecule has 1 aliphatic rings. The molecule has 8 heteroatoms. The Labute approximate surface area is 158 Å². The van der Waals surface area contributed by atoms with E-state index in [2.05, 4.69) is 10.0 Å². The van der Waals surface area contributed by atoms with Crippen LogP contribution in [0, 0.1) is 0 Å². The Morgan fingerprint density at radius 3 is 2.63 bits per heavy atom. The van der Waals surface area contributed by atoms with E-state index in [0.717, 1.165) is 6.42 Å². The zero-order valence-electron chi connectivity index (χ0n) is 14.9. The van der Waals surface area contributed by atoms with Gasteiger partial charge in [-0.05, 0) is 49.4 Å². The molecule has 0 spiro atoms. The summed E-state index contributed by atoms with van der Waals surface area (Å²) in [6.07, 6.45) is 1.35. The normalized spacial score (nSPS) is 14.4. The highest BCUT2D eigenvalue weighted by Gasteiger charge is 2.22. The van der Waals surface area contributed by atoms with E-state index in [1.165, 1.54) is 19.2 Å². The number of hydrogen-bond acceptors (Lipinski definition) is 4. The molecule has 0 saturated carbocycles. The van der Waals surface area contributed by atoms with Gasteiger partial charge in [0.05, 0.1) is 4.90 Å². The van der Waals surface area contributed by atoms with E-state index in [1.54, 1.807) is 35.2 Å². The Morgan fingerprint density at radius 1 is 1.15 bits per heavy atom. The van der Waals surface area contributed by atoms with E-state index < -0.39 is 10.0 Å². The molecule has 0 atom stereocenters. The first-order chi connectivity index (χ1) is 12.9. The third-order valence-electron chi connectivity index (χ3n) is 4.42. The summed E-state index contributed by atoms with van der Waals surface area (Å²) in [5, 5.41) is 2.78. The van der Waals surface area contributed by atoms with Gasteiger partial charge in [0.1, 0.15) is 0 Å². The first-order valence-electron chi connectivity index (χ1n) is 8.62. The van der Waals surface area contributed by atoms with Gasteiger partial charge in [-0.15, -0.1) is 0 Å². The highest BCUT2D eigenvalue weighted by molar-refractivity contribution is 7.89. The van der Waals surface area contributed by atoms with Gasteiger partial charge < -0.3 is 10.2 Å². The zero-order chi connectivity index (χ0) is 19.4. The van der Waals surface area contributed by atoms with Gasteiger partial charge >= 0.3 is 0 Å². The van der Waals surface area contributed by atoms with Crippen molar-refractivity contribution in [2.45, 2.75) is 24.3 Å². The third kappa shape index (κ3) is 4.35. The van der Waals surface area contributed by atoms with Gasteiger partial charge in [0, 0.05) is 30.8 Å². The van der Waals surface area contributed by atoms with Crippen LogP contribution in [0.3, 0.4) is 0 Å². The fourth-order valence-electron chi connectivity index (χ4n) is 2.96. The van der Waals surface area contributed by atoms with Gasteiger partial charge in [-0.25, -0.2) is 13.1 Å². The maximum atomic E-state index is 12.5. The summed E-state index contributed by atoms with van der Waals surface area (Å²) in [5.74, 6) is -0.222. The molecular formula is C19H21N3O4S. The van der Waals surface area contributed by atoms with Gasteiger partial charge in [0.15, 0.2) is 0 Å². The van der Waals surface area contributed by atoms with Crippen LogP contribution in [-0.4, -0.2) is 33.8 Å². The molecule has 2 aromatic rings. The summed E-state index contributed by atoms with van der Waals surface area (Å²) in [4.78, 5) is 26.2. The maximum Gasteiger partial charge on any atom is 0.251 e. The Hall–Kier alpha value is -2.71. The highest BCUT2D eigenvalue weighted by atomic mass is 32.2. The lowest BCUT2D eigenvalue weighted by Gasteiger charge is -2.16. The van der Waals surface area contributed by atoms with E-state index in [4.69, 9.17) is 0 Å². The lowest BCUT2D eigenvalue weighted by molar-refractivity contribution is -0.117. The van der Waals surface area contributed by atoms with Gasteiger partial charge in [-0.2, -0.15) is 0 Å². The summed E-state index contributed by atoms with van der Waals surface area (Å²) >= 11 is 0. The SMILES string of the molecule is CNS(=O)(=O)c1cccc(CNC(=O)c2cccc(N3CCCC3=O)c2)c1. The lowest BCUT2D eigenvalue weighted by Crippen LogP contribution is -2.26. The van der Waals surface area contributed by atoms with E-state index in [9.17, 15) is 18.0 Å². The molecule has 2 aromatic carbocycles. The average Bonchev–Trinajstić information content (AvgIpc) is 3.12. The summed E-state index contributed by atoms with van der Waals surface area (Å²) in [5.41, 5.74) is 1.84. The van der Waals surface area contributed by atoms with Crippen molar-refractivity contribution >= 4 is 27.5 Å². The number of hydrogen-bond donors (Lipinski definition) is 2. The van der Waals surface area contributed by atoms with Crippen LogP contribution in [-0.2, 0) is 21.4 Å². The first kappa shape index (κ1) is 19.1. The number of carbonyl (C=O) groups excluding carboxylic acids is 2. The van der Waals surface area contributed by atoms with Crippen LogP contribution in [0.1, 0.15) is 28.8 Å². The van der Waals surface area contributed by atoms with Crippen LogP contribution in [0.2, 0.25) is 0 Å². The molecule has 0 unspecified atom stereocenters. The molecule has 0 aromatic heterocycles. The minimum Gasteiger partial charge on any atom is -0.348 e. The fourth-order valence-corrected chi connectivity index (χ4v) is 3.76. The number of anilines is 1. The molecule has 1 heterocycles. The van der Waals surface area contributed by atoms with Crippen molar-refractivity contribution in [3.8, 4) is 0 Å². The second-order valence-corrected chi connectivity index (χ2v) is 8.12. The molecule has 0 radical (unpaired) electrons. The van der Waals surface area contributed by atoms with Crippen LogP contribution >= 0.6 is 0 Å². The van der Waals surface area contributed by atoms with E-state index >= 15 is 0 Å². The van der Waals surface area contributed by atoms with Gasteiger partial charge in [0.25, 0.3) is 5.91 Å². The van der Waals surface area contributed by atoms with Gasteiger partial charge in [-0.1, -0.05) is 18.2 Å². The topological polar surface area (TPSA) is 95.6 Å². The Bertz CT molecular complexity index is 972. The van der Waals surface area contributed by atoms with Crippen LogP contribution < -0.4 is 14.9 Å². The van der Waals surface area contributed by atoms with Crippen molar-refractivity contribution in [1.82, 2.24) is 10.0 Å². The summed E-state index contributed by atoms with van der Waals surface area (Å²) in [7, 11) is -2.18. The Balaban J connectivity index is 1.70. The molecule has 2 amide bonds. The molecule has 3 rings (SSSR count). The van der Waals surface area contributed by atoms with E-state index in [-0.39, 0.29) is 23.3 Å². The minimum absolute atomic E-state index is 0.0649. The summed E-state index contributed by atoms with van der Waals surface area (Å²) < 4.78 is 26.0. The molecule has 1 aliphatic heterocycles. The molecule has 142 valence electrons. The fraction of sp³-hybridized carbons (Fsp3) is 0.263. The number of sulfonamides is 1. The standard InChI is InChI=1S/C19H21N3O4S/c1-20-27(25,26)17-8-2-5-14(11-17)13-21-19(24)15-6-3-7-16(12-15)22-10-4-9-18(22)23/h2-3,5-8,11-12,20H,4,9-10,13H2,1H3,(H,21,24). The van der Waals surface area contributed by atoms with Crippen LogP contribution in [0.15, 0.2) is 53.4 Å². The number of benzene rings is 2. The monoisotopic (exact) mass is 387 g/mol. The van der Waals surface area contributed by atoms with Crippen LogP contribution in [0.5, 0.6) is 0 Å². The van der Waals surface area contributed by atoms with Crippen molar-refractivity contribution in [1.29, 1.82) is 0 Å². The second-order valence-electron chi connectivity index (χ2n) is 6.24. The number of rotatable bonds is 6. The molecule has 2 N–H and O–H groups in total. The lowest BCUT2D eigenvalue weighted by atomic mass is 10.1. The predicted octanol–water partition coefficient (Wildman–Crippen LogP) is 1.65. The van der Waals surface area contributed by atoms with Crippen molar-refractivity contribution < 1.29 is 18.0 Å². The maximum absolute atomic E-state index is 12.5. The largest absolute Gasteiger partial charge is 0.348 e. The van der Waals surface area contributed by atoms with E-state index in [1.807, 2.05) is 6.07 Å². The molecular weight excluding hydrogens is 366 g/mol. The predicted molar refractivity (Wildman–Crippen MR) is 102 cm³/mol. The van der Waals surface area contributed by atoms with Crippen LogP contribution in [0.25, 0.3) is 0 Å². The first-order valence-corrected chi connectivity index (χ1v) is 10.1. The minimum atomic E-state index is -3.53. The van der Waals surface area contributed by atoms with Crippen LogP contribution in [0.4, 0.5) is 5.69 Å². The molecule has 1 saturated heterocycles. The number of nitrogens with one attached hydrogen (secondary N) is 2. The number of carbonyl (C=O) groups is 2. The molecule has 0 aliphatic carbocycles. The quantitative estimate of drug-likeness (QED) is 0.788. The third-order valence-corrected chi connectivity index (χ3v) is 5.84. The van der Waals surface area contributed by atoms with E-state index in [0.29, 0.717) is 29.8 Å². The molecule has 27 heavy (non-hydrogen) atoms. The Morgan fingerprint density at radius 2 is 1.93 bits per heavy atom. The van der Waals surface area contributed by atoms with Crippen molar-refractivity contribution in [2.75, 3.05) is 18.5 Å². The number of nitrogens with zero attached hydrogens (tertiary/aromatic N) is 1. The Kier molecular flexibility index (Phi) is 5.57. The highest BCUT2D eigenvalue weighted by Crippen LogP contribution is 2.22.